The number of carbonyl (C=O) groups excluding carboxylic acids is 2. The Morgan fingerprint density at radius 3 is 2.48 bits per heavy atom. The largest absolute Gasteiger partial charge is 0.493 e. The summed E-state index contributed by atoms with van der Waals surface area (Å²) in [5.41, 5.74) is 1.49. The standard InChI is InChI=1S/C22H22N2O6S/c1-4-14(2)23-21(25)20(31-22(23)26)12-16-7-10-18(19(11-16)29-3)30-13-15-5-8-17(9-6-15)24(27)28/h5-12,14H,4,13H2,1-3H3/b20-12+/t14-/m0/s1. The van der Waals surface area contributed by atoms with E-state index in [0.29, 0.717) is 28.4 Å². The minimum absolute atomic E-state index is 0.0171. The lowest BCUT2D eigenvalue weighted by Crippen LogP contribution is -2.36. The van der Waals surface area contributed by atoms with E-state index in [4.69, 9.17) is 9.47 Å². The van der Waals surface area contributed by atoms with Gasteiger partial charge < -0.3 is 9.47 Å². The van der Waals surface area contributed by atoms with E-state index in [0.717, 1.165) is 17.3 Å². The van der Waals surface area contributed by atoms with Gasteiger partial charge in [0, 0.05) is 18.2 Å². The number of nitro benzene ring substituents is 1. The van der Waals surface area contributed by atoms with Crippen LogP contribution >= 0.6 is 11.8 Å². The van der Waals surface area contributed by atoms with Gasteiger partial charge in [-0.05, 0) is 66.6 Å². The van der Waals surface area contributed by atoms with Gasteiger partial charge in [-0.3, -0.25) is 24.6 Å². The van der Waals surface area contributed by atoms with E-state index in [1.54, 1.807) is 36.4 Å². The van der Waals surface area contributed by atoms with Crippen molar-refractivity contribution in [2.24, 2.45) is 0 Å². The first kappa shape index (κ1) is 22.4. The van der Waals surface area contributed by atoms with Crippen molar-refractivity contribution in [2.45, 2.75) is 32.9 Å². The number of thioether (sulfide) groups is 1. The fourth-order valence-electron chi connectivity index (χ4n) is 2.96. The van der Waals surface area contributed by atoms with Crippen LogP contribution in [0.25, 0.3) is 6.08 Å². The molecule has 0 aromatic heterocycles. The van der Waals surface area contributed by atoms with Gasteiger partial charge in [0.25, 0.3) is 16.8 Å². The van der Waals surface area contributed by atoms with Crippen LogP contribution in [0.15, 0.2) is 47.4 Å². The predicted molar refractivity (Wildman–Crippen MR) is 118 cm³/mol. The third-order valence-corrected chi connectivity index (χ3v) is 5.77. The van der Waals surface area contributed by atoms with Crippen LogP contribution in [0.3, 0.4) is 0 Å². The molecule has 0 unspecified atom stereocenters. The lowest BCUT2D eigenvalue weighted by atomic mass is 10.1. The highest BCUT2D eigenvalue weighted by Crippen LogP contribution is 2.36. The second kappa shape index (κ2) is 9.65. The Balaban J connectivity index is 1.74. The maximum Gasteiger partial charge on any atom is 0.293 e. The molecule has 31 heavy (non-hydrogen) atoms. The molecule has 2 aromatic carbocycles. The number of hydrogen-bond donors (Lipinski definition) is 0. The average molecular weight is 442 g/mol. The van der Waals surface area contributed by atoms with Crippen molar-refractivity contribution in [1.29, 1.82) is 0 Å². The zero-order valence-electron chi connectivity index (χ0n) is 17.4. The van der Waals surface area contributed by atoms with Gasteiger partial charge in [0.2, 0.25) is 0 Å². The molecule has 1 aliphatic rings. The number of benzene rings is 2. The molecule has 1 atom stereocenters. The summed E-state index contributed by atoms with van der Waals surface area (Å²) in [7, 11) is 1.51. The van der Waals surface area contributed by atoms with Crippen molar-refractivity contribution in [2.75, 3.05) is 7.11 Å². The number of methoxy groups -OCH3 is 1. The number of non-ortho nitro benzene ring substituents is 1. The topological polar surface area (TPSA) is 99.0 Å². The highest BCUT2D eigenvalue weighted by Gasteiger charge is 2.37. The minimum Gasteiger partial charge on any atom is -0.493 e. The molecule has 0 radical (unpaired) electrons. The molecule has 1 saturated heterocycles. The molecular weight excluding hydrogens is 420 g/mol. The van der Waals surface area contributed by atoms with Gasteiger partial charge in [0.05, 0.1) is 16.9 Å². The Morgan fingerprint density at radius 2 is 1.87 bits per heavy atom. The minimum atomic E-state index is -0.454. The van der Waals surface area contributed by atoms with Crippen molar-refractivity contribution in [1.82, 2.24) is 4.90 Å². The number of imide groups is 1. The highest BCUT2D eigenvalue weighted by atomic mass is 32.2. The quantitative estimate of drug-likeness (QED) is 0.322. The van der Waals surface area contributed by atoms with E-state index in [-0.39, 0.29) is 29.5 Å². The van der Waals surface area contributed by atoms with Crippen LogP contribution in [0.4, 0.5) is 10.5 Å². The van der Waals surface area contributed by atoms with E-state index in [1.807, 2.05) is 13.8 Å². The normalized spacial score (nSPS) is 16.0. The van der Waals surface area contributed by atoms with Gasteiger partial charge in [-0.1, -0.05) is 13.0 Å². The summed E-state index contributed by atoms with van der Waals surface area (Å²) in [5, 5.41) is 10.5. The number of nitrogens with zero attached hydrogens (tertiary/aromatic N) is 2. The van der Waals surface area contributed by atoms with Crippen molar-refractivity contribution in [3.8, 4) is 11.5 Å². The van der Waals surface area contributed by atoms with Crippen LogP contribution in [-0.2, 0) is 11.4 Å². The van der Waals surface area contributed by atoms with Crippen LogP contribution in [0, 0.1) is 10.1 Å². The van der Waals surface area contributed by atoms with E-state index in [2.05, 4.69) is 0 Å². The lowest BCUT2D eigenvalue weighted by Gasteiger charge is -2.19. The van der Waals surface area contributed by atoms with Gasteiger partial charge in [-0.25, -0.2) is 0 Å². The van der Waals surface area contributed by atoms with Crippen molar-refractivity contribution < 1.29 is 24.0 Å². The molecule has 9 heteroatoms. The molecule has 0 aliphatic carbocycles. The van der Waals surface area contributed by atoms with Gasteiger partial charge in [-0.15, -0.1) is 0 Å². The highest BCUT2D eigenvalue weighted by molar-refractivity contribution is 8.18. The third kappa shape index (κ3) is 5.05. The number of carbonyl (C=O) groups is 2. The van der Waals surface area contributed by atoms with Crippen LogP contribution < -0.4 is 9.47 Å². The van der Waals surface area contributed by atoms with Crippen LogP contribution in [0.1, 0.15) is 31.4 Å². The molecule has 1 aliphatic heterocycles. The fraction of sp³-hybridized carbons (Fsp3) is 0.273. The molecule has 0 saturated carbocycles. The second-order valence-corrected chi connectivity index (χ2v) is 7.92. The van der Waals surface area contributed by atoms with Gasteiger partial charge in [0.1, 0.15) is 6.61 Å². The molecular formula is C22H22N2O6S. The molecule has 1 heterocycles. The number of hydrogen-bond acceptors (Lipinski definition) is 7. The Bertz CT molecular complexity index is 1030. The summed E-state index contributed by atoms with van der Waals surface area (Å²) in [5.74, 6) is 0.671. The monoisotopic (exact) mass is 442 g/mol. The van der Waals surface area contributed by atoms with Crippen LogP contribution in [0.2, 0.25) is 0 Å². The Morgan fingerprint density at radius 1 is 1.16 bits per heavy atom. The van der Waals surface area contributed by atoms with E-state index >= 15 is 0 Å². The summed E-state index contributed by atoms with van der Waals surface area (Å²) in [6.45, 7) is 3.98. The molecule has 0 bridgehead atoms. The predicted octanol–water partition coefficient (Wildman–Crippen LogP) is 5.02. The molecule has 2 aromatic rings. The van der Waals surface area contributed by atoms with Crippen molar-refractivity contribution >= 4 is 34.7 Å². The van der Waals surface area contributed by atoms with Gasteiger partial charge in [-0.2, -0.15) is 0 Å². The van der Waals surface area contributed by atoms with Gasteiger partial charge in [0.15, 0.2) is 11.5 Å². The van der Waals surface area contributed by atoms with E-state index < -0.39 is 4.92 Å². The molecule has 2 amide bonds. The third-order valence-electron chi connectivity index (χ3n) is 4.88. The maximum atomic E-state index is 12.6. The molecule has 162 valence electrons. The molecule has 0 spiro atoms. The Labute approximate surface area is 184 Å². The molecule has 3 rings (SSSR count). The number of amides is 2. The SMILES string of the molecule is CC[C@H](C)N1C(=O)S/C(=C/c2ccc(OCc3ccc([N+](=O)[O-])cc3)c(OC)c2)C1=O. The van der Waals surface area contributed by atoms with E-state index in [9.17, 15) is 19.7 Å². The number of ether oxygens (including phenoxy) is 2. The Hall–Kier alpha value is -3.33. The van der Waals surface area contributed by atoms with Crippen molar-refractivity contribution in [3.05, 3.63) is 68.6 Å². The van der Waals surface area contributed by atoms with Crippen LogP contribution in [0.5, 0.6) is 11.5 Å². The Kier molecular flexibility index (Phi) is 6.96. The zero-order valence-corrected chi connectivity index (χ0v) is 18.2. The summed E-state index contributed by atoms with van der Waals surface area (Å²) in [6, 6.07) is 11.2. The zero-order chi connectivity index (χ0) is 22.5. The fourth-order valence-corrected chi connectivity index (χ4v) is 3.89. The molecule has 8 nitrogen and oxygen atoms in total. The van der Waals surface area contributed by atoms with Crippen molar-refractivity contribution in [3.63, 3.8) is 0 Å². The summed E-state index contributed by atoms with van der Waals surface area (Å²) in [6.07, 6.45) is 2.36. The van der Waals surface area contributed by atoms with Crippen LogP contribution in [-0.4, -0.2) is 34.1 Å². The van der Waals surface area contributed by atoms with Gasteiger partial charge >= 0.3 is 0 Å². The average Bonchev–Trinajstić information content (AvgIpc) is 3.05. The summed E-state index contributed by atoms with van der Waals surface area (Å²) in [4.78, 5) is 36.7. The first-order chi connectivity index (χ1) is 14.8. The smallest absolute Gasteiger partial charge is 0.293 e. The molecule has 1 fully saturated rings. The van der Waals surface area contributed by atoms with E-state index in [1.165, 1.54) is 24.1 Å². The maximum absolute atomic E-state index is 12.6. The first-order valence-corrected chi connectivity index (χ1v) is 10.5. The molecule has 0 N–H and O–H groups in total. The summed E-state index contributed by atoms with van der Waals surface area (Å²) >= 11 is 0.927. The number of nitro groups is 1. The first-order valence-electron chi connectivity index (χ1n) is 9.65. The number of rotatable bonds is 8. The second-order valence-electron chi connectivity index (χ2n) is 6.93. The summed E-state index contributed by atoms with van der Waals surface area (Å²) < 4.78 is 11.2. The lowest BCUT2D eigenvalue weighted by molar-refractivity contribution is -0.384.